The Kier molecular flexibility index (Phi) is 3.53. The fourth-order valence-corrected chi connectivity index (χ4v) is 2.31. The average molecular weight is 243 g/mol. The summed E-state index contributed by atoms with van der Waals surface area (Å²) in [6.45, 7) is 9.36. The van der Waals surface area contributed by atoms with Crippen molar-refractivity contribution >= 4 is 0 Å². The van der Waals surface area contributed by atoms with E-state index >= 15 is 0 Å². The van der Waals surface area contributed by atoms with Crippen LogP contribution < -0.4 is 5.32 Å². The summed E-state index contributed by atoms with van der Waals surface area (Å²) in [5, 5.41) is 7.88. The summed E-state index contributed by atoms with van der Waals surface area (Å²) in [6.07, 6.45) is 0. The van der Waals surface area contributed by atoms with Gasteiger partial charge in [0.1, 0.15) is 0 Å². The van der Waals surface area contributed by atoms with Gasteiger partial charge < -0.3 is 5.32 Å². The number of hydrogen-bond acceptors (Lipinski definition) is 2. The smallest absolute Gasteiger partial charge is 0.0680 e. The number of aryl methyl sites for hydroxylation is 2. The molecule has 1 aromatic heterocycles. The Hall–Kier alpha value is -1.61. The van der Waals surface area contributed by atoms with Gasteiger partial charge in [0.25, 0.3) is 0 Å². The number of nitrogens with zero attached hydrogens (tertiary/aromatic N) is 2. The molecule has 3 heteroatoms. The molecule has 0 atom stereocenters. The van der Waals surface area contributed by atoms with Crippen LogP contribution in [0.2, 0.25) is 0 Å². The Bertz CT molecular complexity index is 567. The van der Waals surface area contributed by atoms with Crippen LogP contribution in [-0.2, 0) is 6.54 Å². The molecule has 96 valence electrons. The zero-order chi connectivity index (χ0) is 13.3. The largest absolute Gasteiger partial charge is 0.316 e. The Labute approximate surface area is 109 Å². The highest BCUT2D eigenvalue weighted by molar-refractivity contribution is 5.46. The van der Waals surface area contributed by atoms with E-state index in [0.29, 0.717) is 0 Å². The van der Waals surface area contributed by atoms with Crippen LogP contribution in [0.25, 0.3) is 5.69 Å². The highest BCUT2D eigenvalue weighted by Crippen LogP contribution is 2.22. The molecule has 1 heterocycles. The first-order chi connectivity index (χ1) is 8.56. The van der Waals surface area contributed by atoms with Crippen LogP contribution in [-0.4, -0.2) is 16.8 Å². The maximum Gasteiger partial charge on any atom is 0.0680 e. The summed E-state index contributed by atoms with van der Waals surface area (Å²) in [6, 6.07) is 6.36. The van der Waals surface area contributed by atoms with Crippen LogP contribution in [0.5, 0.6) is 0 Å². The molecule has 1 aromatic carbocycles. The molecule has 1 N–H and O–H groups in total. The standard InChI is InChI=1S/C15H21N3/c1-10-7-6-8-15(11(10)2)18-13(4)14(9-16-5)12(3)17-18/h6-8,16H,9H2,1-5H3. The van der Waals surface area contributed by atoms with E-state index in [1.807, 2.05) is 7.05 Å². The number of benzene rings is 1. The van der Waals surface area contributed by atoms with E-state index in [1.165, 1.54) is 28.1 Å². The van der Waals surface area contributed by atoms with Crippen molar-refractivity contribution in [2.45, 2.75) is 34.2 Å². The summed E-state index contributed by atoms with van der Waals surface area (Å²) >= 11 is 0. The molecule has 18 heavy (non-hydrogen) atoms. The normalized spacial score (nSPS) is 10.9. The highest BCUT2D eigenvalue weighted by Gasteiger charge is 2.13. The molecule has 0 bridgehead atoms. The van der Waals surface area contributed by atoms with E-state index in [-0.39, 0.29) is 0 Å². The third-order valence-corrected chi connectivity index (χ3v) is 3.60. The van der Waals surface area contributed by atoms with Crippen LogP contribution in [0, 0.1) is 27.7 Å². The Morgan fingerprint density at radius 3 is 2.56 bits per heavy atom. The lowest BCUT2D eigenvalue weighted by Crippen LogP contribution is -2.08. The van der Waals surface area contributed by atoms with Crippen molar-refractivity contribution in [1.82, 2.24) is 15.1 Å². The lowest BCUT2D eigenvalue weighted by molar-refractivity contribution is 0.799. The first-order valence-corrected chi connectivity index (χ1v) is 6.32. The summed E-state index contributed by atoms with van der Waals surface area (Å²) in [4.78, 5) is 0. The van der Waals surface area contributed by atoms with Gasteiger partial charge in [-0.25, -0.2) is 4.68 Å². The van der Waals surface area contributed by atoms with Crippen molar-refractivity contribution < 1.29 is 0 Å². The number of rotatable bonds is 3. The maximum absolute atomic E-state index is 4.68. The lowest BCUT2D eigenvalue weighted by Gasteiger charge is -2.10. The predicted octanol–water partition coefficient (Wildman–Crippen LogP) is 2.83. The number of hydrogen-bond donors (Lipinski definition) is 1. The zero-order valence-electron chi connectivity index (χ0n) is 11.8. The van der Waals surface area contributed by atoms with Gasteiger partial charge in [-0.2, -0.15) is 5.10 Å². The monoisotopic (exact) mass is 243 g/mol. The topological polar surface area (TPSA) is 29.9 Å². The third-order valence-electron chi connectivity index (χ3n) is 3.60. The fraction of sp³-hybridized carbons (Fsp3) is 0.400. The van der Waals surface area contributed by atoms with E-state index in [0.717, 1.165) is 12.2 Å². The SMILES string of the molecule is CNCc1c(C)nn(-c2cccc(C)c2C)c1C. The van der Waals surface area contributed by atoms with Gasteiger partial charge in [-0.05, 0) is 51.9 Å². The van der Waals surface area contributed by atoms with E-state index in [2.05, 4.69) is 61.0 Å². The summed E-state index contributed by atoms with van der Waals surface area (Å²) in [5.74, 6) is 0. The van der Waals surface area contributed by atoms with Crippen molar-refractivity contribution in [3.63, 3.8) is 0 Å². The predicted molar refractivity (Wildman–Crippen MR) is 75.3 cm³/mol. The Balaban J connectivity index is 2.58. The van der Waals surface area contributed by atoms with Gasteiger partial charge in [0.15, 0.2) is 0 Å². The number of nitrogens with one attached hydrogen (secondary N) is 1. The molecular formula is C15H21N3. The van der Waals surface area contributed by atoms with Gasteiger partial charge in [-0.1, -0.05) is 12.1 Å². The highest BCUT2D eigenvalue weighted by atomic mass is 15.3. The second kappa shape index (κ2) is 4.94. The Morgan fingerprint density at radius 1 is 1.17 bits per heavy atom. The number of aromatic nitrogens is 2. The van der Waals surface area contributed by atoms with E-state index < -0.39 is 0 Å². The molecule has 0 saturated heterocycles. The molecule has 0 amide bonds. The van der Waals surface area contributed by atoms with Gasteiger partial charge in [0.2, 0.25) is 0 Å². The maximum atomic E-state index is 4.68. The van der Waals surface area contributed by atoms with Crippen LogP contribution >= 0.6 is 0 Å². The van der Waals surface area contributed by atoms with Crippen LogP contribution in [0.4, 0.5) is 0 Å². The van der Waals surface area contributed by atoms with Gasteiger partial charge in [-0.3, -0.25) is 0 Å². The van der Waals surface area contributed by atoms with Crippen molar-refractivity contribution in [2.24, 2.45) is 0 Å². The molecule has 3 nitrogen and oxygen atoms in total. The van der Waals surface area contributed by atoms with E-state index in [9.17, 15) is 0 Å². The quantitative estimate of drug-likeness (QED) is 0.898. The molecule has 0 radical (unpaired) electrons. The van der Waals surface area contributed by atoms with Crippen LogP contribution in [0.1, 0.15) is 28.1 Å². The molecule has 0 saturated carbocycles. The average Bonchev–Trinajstić information content (AvgIpc) is 2.61. The molecule has 2 rings (SSSR count). The first-order valence-electron chi connectivity index (χ1n) is 6.32. The minimum absolute atomic E-state index is 0.864. The van der Waals surface area contributed by atoms with E-state index in [4.69, 9.17) is 0 Å². The minimum Gasteiger partial charge on any atom is -0.316 e. The summed E-state index contributed by atoms with van der Waals surface area (Å²) in [7, 11) is 1.97. The molecule has 0 spiro atoms. The Morgan fingerprint density at radius 2 is 1.89 bits per heavy atom. The molecule has 0 unspecified atom stereocenters. The van der Waals surface area contributed by atoms with Crippen LogP contribution in [0.15, 0.2) is 18.2 Å². The van der Waals surface area contributed by atoms with E-state index in [1.54, 1.807) is 0 Å². The van der Waals surface area contributed by atoms with Crippen molar-refractivity contribution in [3.8, 4) is 5.69 Å². The lowest BCUT2D eigenvalue weighted by atomic mass is 10.1. The van der Waals surface area contributed by atoms with Gasteiger partial charge in [0, 0.05) is 17.8 Å². The van der Waals surface area contributed by atoms with Crippen molar-refractivity contribution in [3.05, 3.63) is 46.3 Å². The first kappa shape index (κ1) is 12.8. The second-order valence-corrected chi connectivity index (χ2v) is 4.81. The zero-order valence-corrected chi connectivity index (χ0v) is 11.8. The van der Waals surface area contributed by atoms with Gasteiger partial charge in [0.05, 0.1) is 11.4 Å². The molecule has 0 aliphatic heterocycles. The minimum atomic E-state index is 0.864. The van der Waals surface area contributed by atoms with Crippen LogP contribution in [0.3, 0.4) is 0 Å². The summed E-state index contributed by atoms with van der Waals surface area (Å²) in [5.41, 5.74) is 7.38. The molecule has 0 aliphatic carbocycles. The third kappa shape index (κ3) is 2.06. The van der Waals surface area contributed by atoms with Gasteiger partial charge >= 0.3 is 0 Å². The van der Waals surface area contributed by atoms with Gasteiger partial charge in [-0.15, -0.1) is 0 Å². The molecule has 0 fully saturated rings. The molecule has 0 aliphatic rings. The van der Waals surface area contributed by atoms with Crippen molar-refractivity contribution in [1.29, 1.82) is 0 Å². The fourth-order valence-electron chi connectivity index (χ4n) is 2.31. The molecule has 2 aromatic rings. The summed E-state index contributed by atoms with van der Waals surface area (Å²) < 4.78 is 2.06. The molecular weight excluding hydrogens is 222 g/mol. The van der Waals surface area contributed by atoms with Crippen molar-refractivity contribution in [2.75, 3.05) is 7.05 Å². The second-order valence-electron chi connectivity index (χ2n) is 4.81.